The molecule has 1 saturated heterocycles. The highest BCUT2D eigenvalue weighted by Gasteiger charge is 2.31. The number of nitrogens with two attached hydrogens (primary N) is 3. The Morgan fingerprint density at radius 2 is 0.774 bits per heavy atom. The second-order valence-electron chi connectivity index (χ2n) is 12.4. The topological polar surface area (TPSA) is 217 Å². The van der Waals surface area contributed by atoms with Crippen molar-refractivity contribution in [3.63, 3.8) is 0 Å². The first-order valence-corrected chi connectivity index (χ1v) is 17.4. The number of hydrogen-bond donors (Lipinski definition) is 3. The Hall–Kier alpha value is -5.13. The summed E-state index contributed by atoms with van der Waals surface area (Å²) in [6, 6.07) is 10.2. The Bertz CT molecular complexity index is 1560. The van der Waals surface area contributed by atoms with E-state index < -0.39 is 55.7 Å². The third kappa shape index (κ3) is 12.2. The molecular weight excluding hydrogens is 688 g/mol. The van der Waals surface area contributed by atoms with Crippen molar-refractivity contribution in [1.29, 1.82) is 0 Å². The van der Waals surface area contributed by atoms with Gasteiger partial charge in [0, 0.05) is 39.3 Å². The molecule has 2 aromatic rings. The zero-order valence-corrected chi connectivity index (χ0v) is 31.2. The molecule has 1 fully saturated rings. The lowest BCUT2D eigenvalue weighted by Crippen LogP contribution is -2.50. The van der Waals surface area contributed by atoms with E-state index in [2.05, 4.69) is 0 Å². The Kier molecular flexibility index (Phi) is 17.1. The third-order valence-electron chi connectivity index (χ3n) is 8.70. The van der Waals surface area contributed by atoms with E-state index in [1.807, 2.05) is 0 Å². The summed E-state index contributed by atoms with van der Waals surface area (Å²) in [5.41, 5.74) is 18.7. The van der Waals surface area contributed by atoms with Gasteiger partial charge in [0.1, 0.15) is 13.1 Å². The molecule has 1 heterocycles. The minimum atomic E-state index is -0.537. The molecule has 0 saturated carbocycles. The van der Waals surface area contributed by atoms with Crippen molar-refractivity contribution in [2.75, 3.05) is 100 Å². The average Bonchev–Trinajstić information content (AvgIpc) is 3.16. The molecule has 292 valence electrons. The van der Waals surface area contributed by atoms with Crippen molar-refractivity contribution in [2.24, 2.45) is 17.2 Å². The van der Waals surface area contributed by atoms with Crippen LogP contribution >= 0.6 is 0 Å². The standard InChI is InChI=1S/C36H54N8O9/c1-50-28-9-7-26(17-30(28)52-3)19-43-24-33(46)40(14-5-11-37)21-32(45)42(16-13-39)23-36(49)44(20-27-8-10-29(51-2)31(18-27)53-4)25-34(47)41(15-6-12-38)22-35(43)48/h7-10,17-18H,5-6,11-16,19-25,37-39H2,1-4H3. The van der Waals surface area contributed by atoms with E-state index in [0.29, 0.717) is 47.0 Å². The fraction of sp³-hybridized carbons (Fsp3) is 0.528. The smallest absolute Gasteiger partial charge is 0.242 e. The maximum Gasteiger partial charge on any atom is 0.242 e. The van der Waals surface area contributed by atoms with Gasteiger partial charge in [-0.2, -0.15) is 0 Å². The summed E-state index contributed by atoms with van der Waals surface area (Å²) >= 11 is 0. The molecule has 0 aliphatic carbocycles. The van der Waals surface area contributed by atoms with E-state index in [1.54, 1.807) is 36.4 Å². The third-order valence-corrected chi connectivity index (χ3v) is 8.70. The van der Waals surface area contributed by atoms with Crippen LogP contribution in [0.1, 0.15) is 24.0 Å². The maximum atomic E-state index is 14.1. The molecule has 17 heteroatoms. The molecule has 0 spiro atoms. The summed E-state index contributed by atoms with van der Waals surface area (Å²) in [7, 11) is 5.98. The molecule has 1 aliphatic rings. The molecule has 0 unspecified atom stereocenters. The number of ether oxygens (including phenoxy) is 4. The number of nitrogens with zero attached hydrogens (tertiary/aromatic N) is 5. The second-order valence-corrected chi connectivity index (χ2v) is 12.4. The zero-order valence-electron chi connectivity index (χ0n) is 31.2. The minimum Gasteiger partial charge on any atom is -0.493 e. The van der Waals surface area contributed by atoms with Crippen LogP contribution in [0, 0.1) is 0 Å². The molecule has 0 aromatic heterocycles. The minimum absolute atomic E-state index is 0.0220. The fourth-order valence-electron chi connectivity index (χ4n) is 5.78. The number of hydrogen-bond acceptors (Lipinski definition) is 12. The van der Waals surface area contributed by atoms with E-state index in [9.17, 15) is 24.0 Å². The summed E-state index contributed by atoms with van der Waals surface area (Å²) < 4.78 is 21.6. The van der Waals surface area contributed by atoms with Crippen molar-refractivity contribution in [1.82, 2.24) is 24.5 Å². The molecular formula is C36H54N8O9. The van der Waals surface area contributed by atoms with Gasteiger partial charge in [-0.1, -0.05) is 12.1 Å². The molecule has 1 aliphatic heterocycles. The lowest BCUT2D eigenvalue weighted by atomic mass is 10.1. The number of carbonyl (C=O) groups excluding carboxylic acids is 5. The number of rotatable bonds is 16. The summed E-state index contributed by atoms with van der Waals surface area (Å²) in [6.45, 7) is -1.20. The van der Waals surface area contributed by atoms with E-state index in [1.165, 1.54) is 52.9 Å². The Balaban J connectivity index is 2.10. The van der Waals surface area contributed by atoms with Crippen molar-refractivity contribution < 1.29 is 42.9 Å². The quantitative estimate of drug-likeness (QED) is 0.193. The van der Waals surface area contributed by atoms with Crippen LogP contribution in [0.15, 0.2) is 36.4 Å². The van der Waals surface area contributed by atoms with Crippen LogP contribution in [0.3, 0.4) is 0 Å². The van der Waals surface area contributed by atoms with Crippen molar-refractivity contribution in [2.45, 2.75) is 25.9 Å². The second kappa shape index (κ2) is 21.4. The Morgan fingerprint density at radius 3 is 1.09 bits per heavy atom. The summed E-state index contributed by atoms with van der Waals surface area (Å²) in [5, 5.41) is 0. The first kappa shape index (κ1) is 42.3. The maximum absolute atomic E-state index is 14.1. The van der Waals surface area contributed by atoms with Crippen molar-refractivity contribution >= 4 is 29.5 Å². The predicted molar refractivity (Wildman–Crippen MR) is 196 cm³/mol. The molecule has 17 nitrogen and oxygen atoms in total. The first-order valence-electron chi connectivity index (χ1n) is 17.4. The van der Waals surface area contributed by atoms with Gasteiger partial charge in [0.05, 0.1) is 48.1 Å². The van der Waals surface area contributed by atoms with E-state index >= 15 is 0 Å². The zero-order chi connectivity index (χ0) is 38.9. The van der Waals surface area contributed by atoms with Crippen molar-refractivity contribution in [3.8, 4) is 23.0 Å². The van der Waals surface area contributed by atoms with Crippen LogP contribution in [0.2, 0.25) is 0 Å². The first-order chi connectivity index (χ1) is 25.5. The number of benzene rings is 2. The van der Waals surface area contributed by atoms with Gasteiger partial charge in [-0.3, -0.25) is 24.0 Å². The molecule has 0 radical (unpaired) electrons. The van der Waals surface area contributed by atoms with E-state index in [-0.39, 0.29) is 58.9 Å². The molecule has 2 aromatic carbocycles. The number of methoxy groups -OCH3 is 4. The molecule has 5 amide bonds. The molecule has 0 bridgehead atoms. The van der Waals surface area contributed by atoms with Gasteiger partial charge >= 0.3 is 0 Å². The lowest BCUT2D eigenvalue weighted by molar-refractivity contribution is -0.146. The van der Waals surface area contributed by atoms with Crippen LogP contribution in [0.25, 0.3) is 0 Å². The predicted octanol–water partition coefficient (Wildman–Crippen LogP) is -0.766. The SMILES string of the molecule is COc1ccc(CN2CC(=O)N(CCCN)CC(=O)N(CCN)CC(=O)N(Cc3ccc(OC)c(OC)c3)CC(=O)N(CCCN)CC2=O)cc1OC. The van der Waals surface area contributed by atoms with E-state index in [4.69, 9.17) is 36.1 Å². The summed E-state index contributed by atoms with van der Waals surface area (Å²) in [4.78, 5) is 76.5. The van der Waals surface area contributed by atoms with Gasteiger partial charge < -0.3 is 60.6 Å². The lowest BCUT2D eigenvalue weighted by Gasteiger charge is -2.30. The highest BCUT2D eigenvalue weighted by molar-refractivity contribution is 5.93. The van der Waals surface area contributed by atoms with Crippen LogP contribution in [-0.4, -0.2) is 154 Å². The van der Waals surface area contributed by atoms with E-state index in [0.717, 1.165) is 0 Å². The van der Waals surface area contributed by atoms with Crippen molar-refractivity contribution in [3.05, 3.63) is 47.5 Å². The molecule has 0 atom stereocenters. The summed E-state index contributed by atoms with van der Waals surface area (Å²) in [6.07, 6.45) is 0.766. The molecule has 53 heavy (non-hydrogen) atoms. The Labute approximate surface area is 310 Å². The molecule has 3 rings (SSSR count). The average molecular weight is 743 g/mol. The van der Waals surface area contributed by atoms with Gasteiger partial charge in [0.15, 0.2) is 23.0 Å². The number of carbonyl (C=O) groups is 5. The highest BCUT2D eigenvalue weighted by Crippen LogP contribution is 2.29. The van der Waals surface area contributed by atoms with Gasteiger partial charge in [0.25, 0.3) is 0 Å². The van der Waals surface area contributed by atoms with Crippen LogP contribution in [0.5, 0.6) is 23.0 Å². The van der Waals surface area contributed by atoms with Crippen LogP contribution < -0.4 is 36.1 Å². The fourth-order valence-corrected chi connectivity index (χ4v) is 5.78. The van der Waals surface area contributed by atoms with Crippen LogP contribution in [-0.2, 0) is 37.1 Å². The molecule has 6 N–H and O–H groups in total. The largest absolute Gasteiger partial charge is 0.493 e. The monoisotopic (exact) mass is 742 g/mol. The van der Waals surface area contributed by atoms with Gasteiger partial charge in [-0.15, -0.1) is 0 Å². The van der Waals surface area contributed by atoms with Crippen LogP contribution in [0.4, 0.5) is 0 Å². The van der Waals surface area contributed by atoms with Gasteiger partial charge in [0.2, 0.25) is 29.5 Å². The number of amides is 5. The highest BCUT2D eigenvalue weighted by atomic mass is 16.5. The van der Waals surface area contributed by atoms with Gasteiger partial charge in [-0.25, -0.2) is 0 Å². The van der Waals surface area contributed by atoms with Gasteiger partial charge in [-0.05, 0) is 61.3 Å². The normalized spacial score (nSPS) is 15.5. The Morgan fingerprint density at radius 1 is 0.453 bits per heavy atom. The summed E-state index contributed by atoms with van der Waals surface area (Å²) in [5.74, 6) is -0.804.